The Morgan fingerprint density at radius 1 is 1.38 bits per heavy atom. The summed E-state index contributed by atoms with van der Waals surface area (Å²) in [4.78, 5) is 20.9. The third-order valence-corrected chi connectivity index (χ3v) is 2.15. The maximum atomic E-state index is 10.7. The molecule has 1 aliphatic heterocycles. The SMILES string of the molecule is CC(=O)OC(C)(C)C.CC1C(=O)CO[C@H]1C. The first-order chi connectivity index (χ1) is 7.13. The molecule has 1 unspecified atom stereocenters. The third kappa shape index (κ3) is 6.56. The normalized spacial score (nSPS) is 24.8. The lowest BCUT2D eigenvalue weighted by Crippen LogP contribution is -2.21. The second-order valence-corrected chi connectivity index (χ2v) is 4.98. The molecule has 94 valence electrons. The molecule has 4 heteroatoms. The lowest BCUT2D eigenvalue weighted by molar-refractivity contribution is -0.151. The summed E-state index contributed by atoms with van der Waals surface area (Å²) < 4.78 is 9.83. The van der Waals surface area contributed by atoms with Crippen molar-refractivity contribution in [3.05, 3.63) is 0 Å². The van der Waals surface area contributed by atoms with Crippen LogP contribution in [0.15, 0.2) is 0 Å². The molecule has 0 aromatic heterocycles. The topological polar surface area (TPSA) is 52.6 Å². The van der Waals surface area contributed by atoms with Gasteiger partial charge in [0.1, 0.15) is 12.2 Å². The molecule has 0 radical (unpaired) electrons. The molecule has 4 nitrogen and oxygen atoms in total. The maximum Gasteiger partial charge on any atom is 0.303 e. The summed E-state index contributed by atoms with van der Waals surface area (Å²) in [5.41, 5.74) is -0.328. The van der Waals surface area contributed by atoms with Crippen LogP contribution in [0.1, 0.15) is 41.5 Å². The zero-order valence-corrected chi connectivity index (χ0v) is 11.0. The summed E-state index contributed by atoms with van der Waals surface area (Å²) in [6.45, 7) is 11.1. The number of hydrogen-bond donors (Lipinski definition) is 0. The highest BCUT2D eigenvalue weighted by Gasteiger charge is 2.27. The standard InChI is InChI=1S/C6H10O2.C6H12O2/c1-4-5(2)8-3-6(4)7;1-5(7)8-6(2,3)4/h4-5H,3H2,1-2H3;1-4H3/t4?,5-;/m0./s1. The molecular formula is C12H22O4. The third-order valence-electron chi connectivity index (χ3n) is 2.15. The van der Waals surface area contributed by atoms with Gasteiger partial charge in [0.25, 0.3) is 0 Å². The number of rotatable bonds is 0. The Labute approximate surface area is 97.3 Å². The lowest BCUT2D eigenvalue weighted by Gasteiger charge is -2.17. The first kappa shape index (κ1) is 15.1. The molecule has 16 heavy (non-hydrogen) atoms. The van der Waals surface area contributed by atoms with E-state index in [0.29, 0.717) is 6.61 Å². The Balaban J connectivity index is 0.000000281. The van der Waals surface area contributed by atoms with E-state index in [9.17, 15) is 9.59 Å². The molecular weight excluding hydrogens is 208 g/mol. The molecule has 0 saturated carbocycles. The molecule has 0 aromatic rings. The molecule has 0 spiro atoms. The predicted molar refractivity (Wildman–Crippen MR) is 61.1 cm³/mol. The van der Waals surface area contributed by atoms with Gasteiger partial charge >= 0.3 is 5.97 Å². The van der Waals surface area contributed by atoms with E-state index in [1.807, 2.05) is 34.6 Å². The van der Waals surface area contributed by atoms with Crippen LogP contribution >= 0.6 is 0 Å². The first-order valence-corrected chi connectivity index (χ1v) is 5.47. The summed E-state index contributed by atoms with van der Waals surface area (Å²) in [5.74, 6) is 0.130. The zero-order valence-electron chi connectivity index (χ0n) is 11.0. The Morgan fingerprint density at radius 3 is 1.94 bits per heavy atom. The molecule has 2 atom stereocenters. The highest BCUT2D eigenvalue weighted by Crippen LogP contribution is 2.15. The van der Waals surface area contributed by atoms with Gasteiger partial charge in [-0.25, -0.2) is 0 Å². The smallest absolute Gasteiger partial charge is 0.303 e. The van der Waals surface area contributed by atoms with Gasteiger partial charge in [-0.05, 0) is 27.7 Å². The van der Waals surface area contributed by atoms with Crippen molar-refractivity contribution in [3.8, 4) is 0 Å². The fraction of sp³-hybridized carbons (Fsp3) is 0.833. The van der Waals surface area contributed by atoms with Gasteiger partial charge in [-0.15, -0.1) is 0 Å². The highest BCUT2D eigenvalue weighted by molar-refractivity contribution is 5.83. The molecule has 0 aliphatic carbocycles. The van der Waals surface area contributed by atoms with Crippen molar-refractivity contribution in [3.63, 3.8) is 0 Å². The number of Topliss-reactive ketones (excluding diaryl/α,β-unsaturated/α-hetero) is 1. The van der Waals surface area contributed by atoms with Crippen molar-refractivity contribution >= 4 is 11.8 Å². The summed E-state index contributed by atoms with van der Waals surface area (Å²) in [5, 5.41) is 0. The van der Waals surface area contributed by atoms with Crippen LogP contribution in [-0.2, 0) is 19.1 Å². The average Bonchev–Trinajstić information content (AvgIpc) is 2.33. The van der Waals surface area contributed by atoms with Crippen LogP contribution in [0.3, 0.4) is 0 Å². The van der Waals surface area contributed by atoms with E-state index in [4.69, 9.17) is 9.47 Å². The Morgan fingerprint density at radius 2 is 1.88 bits per heavy atom. The number of carbonyl (C=O) groups is 2. The maximum absolute atomic E-state index is 10.7. The molecule has 1 saturated heterocycles. The van der Waals surface area contributed by atoms with Crippen LogP contribution in [0, 0.1) is 5.92 Å². The van der Waals surface area contributed by atoms with Gasteiger partial charge in [0.05, 0.1) is 6.10 Å². The van der Waals surface area contributed by atoms with E-state index >= 15 is 0 Å². The van der Waals surface area contributed by atoms with Gasteiger partial charge in [0.2, 0.25) is 0 Å². The monoisotopic (exact) mass is 230 g/mol. The van der Waals surface area contributed by atoms with Gasteiger partial charge in [-0.2, -0.15) is 0 Å². The van der Waals surface area contributed by atoms with Crippen molar-refractivity contribution < 1.29 is 19.1 Å². The number of esters is 1. The second-order valence-electron chi connectivity index (χ2n) is 4.98. The molecule has 0 N–H and O–H groups in total. The van der Waals surface area contributed by atoms with E-state index in [2.05, 4.69) is 0 Å². The Hall–Kier alpha value is -0.900. The molecule has 1 rings (SSSR count). The highest BCUT2D eigenvalue weighted by atomic mass is 16.6. The summed E-state index contributed by atoms with van der Waals surface area (Å²) in [6.07, 6.45) is 0.141. The van der Waals surface area contributed by atoms with Gasteiger partial charge in [0, 0.05) is 12.8 Å². The van der Waals surface area contributed by atoms with Crippen LogP contribution in [0.5, 0.6) is 0 Å². The molecule has 0 bridgehead atoms. The van der Waals surface area contributed by atoms with E-state index in [1.54, 1.807) is 0 Å². The van der Waals surface area contributed by atoms with Gasteiger partial charge < -0.3 is 9.47 Å². The number of carbonyl (C=O) groups excluding carboxylic acids is 2. The fourth-order valence-corrected chi connectivity index (χ4v) is 1.18. The number of ether oxygens (including phenoxy) is 2. The van der Waals surface area contributed by atoms with Gasteiger partial charge in [0.15, 0.2) is 5.78 Å². The number of hydrogen-bond acceptors (Lipinski definition) is 4. The van der Waals surface area contributed by atoms with Crippen molar-refractivity contribution in [2.75, 3.05) is 6.61 Å². The Kier molecular flexibility index (Phi) is 5.65. The zero-order chi connectivity index (χ0) is 12.9. The van der Waals surface area contributed by atoms with Crippen LogP contribution in [-0.4, -0.2) is 30.1 Å². The van der Waals surface area contributed by atoms with Crippen molar-refractivity contribution in [2.45, 2.75) is 53.2 Å². The van der Waals surface area contributed by atoms with Crippen molar-refractivity contribution in [1.82, 2.24) is 0 Å². The van der Waals surface area contributed by atoms with Gasteiger partial charge in [-0.3, -0.25) is 9.59 Å². The molecule has 0 amide bonds. The Bertz CT molecular complexity index is 252. The van der Waals surface area contributed by atoms with E-state index in [0.717, 1.165) is 0 Å². The summed E-state index contributed by atoms with van der Waals surface area (Å²) in [6, 6.07) is 0. The van der Waals surface area contributed by atoms with Crippen LogP contribution < -0.4 is 0 Å². The average molecular weight is 230 g/mol. The quantitative estimate of drug-likeness (QED) is 0.597. The van der Waals surface area contributed by atoms with Crippen molar-refractivity contribution in [2.24, 2.45) is 5.92 Å². The van der Waals surface area contributed by atoms with E-state index < -0.39 is 0 Å². The van der Waals surface area contributed by atoms with Crippen LogP contribution in [0.4, 0.5) is 0 Å². The van der Waals surface area contributed by atoms with Crippen LogP contribution in [0.2, 0.25) is 0 Å². The summed E-state index contributed by atoms with van der Waals surface area (Å²) in [7, 11) is 0. The minimum Gasteiger partial charge on any atom is -0.460 e. The molecule has 1 fully saturated rings. The van der Waals surface area contributed by atoms with Gasteiger partial charge in [-0.1, -0.05) is 6.92 Å². The lowest BCUT2D eigenvalue weighted by atomic mass is 10.1. The minimum absolute atomic E-state index is 0.120. The number of ketones is 1. The first-order valence-electron chi connectivity index (χ1n) is 5.47. The molecule has 0 aromatic carbocycles. The van der Waals surface area contributed by atoms with Crippen LogP contribution in [0.25, 0.3) is 0 Å². The fourth-order valence-electron chi connectivity index (χ4n) is 1.18. The summed E-state index contributed by atoms with van der Waals surface area (Å²) >= 11 is 0. The minimum atomic E-state index is -0.328. The van der Waals surface area contributed by atoms with E-state index in [1.165, 1.54) is 6.92 Å². The molecule has 1 aliphatic rings. The molecule has 1 heterocycles. The predicted octanol–water partition coefficient (Wildman–Crippen LogP) is 1.96. The second kappa shape index (κ2) is 5.99. The largest absolute Gasteiger partial charge is 0.460 e. The van der Waals surface area contributed by atoms with Crippen molar-refractivity contribution in [1.29, 1.82) is 0 Å². The van der Waals surface area contributed by atoms with E-state index in [-0.39, 0.29) is 29.4 Å².